The zero-order chi connectivity index (χ0) is 19.5. The number of aromatic amines is 1. The molecule has 142 valence electrons. The van der Waals surface area contributed by atoms with Crippen LogP contribution < -0.4 is 10.5 Å². The van der Waals surface area contributed by atoms with Crippen molar-refractivity contribution in [3.63, 3.8) is 0 Å². The summed E-state index contributed by atoms with van der Waals surface area (Å²) in [6.07, 6.45) is 4.98. The molecule has 0 saturated carbocycles. The van der Waals surface area contributed by atoms with E-state index in [0.29, 0.717) is 24.4 Å². The average Bonchev–Trinajstić information content (AvgIpc) is 3.16. The van der Waals surface area contributed by atoms with Gasteiger partial charge in [-0.1, -0.05) is 24.3 Å². The van der Waals surface area contributed by atoms with E-state index in [0.717, 1.165) is 11.9 Å². The molecule has 28 heavy (non-hydrogen) atoms. The zero-order valence-corrected chi connectivity index (χ0v) is 15.4. The molecule has 0 aliphatic carbocycles. The minimum atomic E-state index is -0.536. The van der Waals surface area contributed by atoms with E-state index in [2.05, 4.69) is 23.2 Å². The number of nitrogens with one attached hydrogen (secondary N) is 1. The van der Waals surface area contributed by atoms with Gasteiger partial charge < -0.3 is 20.4 Å². The van der Waals surface area contributed by atoms with Crippen molar-refractivity contribution in [2.45, 2.75) is 6.42 Å². The highest BCUT2D eigenvalue weighted by Gasteiger charge is 2.20. The molecule has 0 unspecified atom stereocenters. The third kappa shape index (κ3) is 3.62. The van der Waals surface area contributed by atoms with Crippen LogP contribution in [0.25, 0.3) is 16.5 Å². The van der Waals surface area contributed by atoms with Crippen LogP contribution in [0.2, 0.25) is 0 Å². The van der Waals surface area contributed by atoms with Crippen LogP contribution in [-0.4, -0.2) is 41.4 Å². The first-order chi connectivity index (χ1) is 13.6. The lowest BCUT2D eigenvalue weighted by Crippen LogP contribution is -2.34. The minimum Gasteiger partial charge on any atom is -0.484 e. The van der Waals surface area contributed by atoms with Crippen molar-refractivity contribution in [3.8, 4) is 5.75 Å². The number of aromatic nitrogens is 1. The Bertz CT molecular complexity index is 1050. The number of para-hydroxylation sites is 1. The molecule has 0 fully saturated rings. The number of H-pyrrole nitrogens is 1. The van der Waals surface area contributed by atoms with Crippen molar-refractivity contribution < 1.29 is 14.3 Å². The molecule has 6 heteroatoms. The van der Waals surface area contributed by atoms with Crippen molar-refractivity contribution in [2.24, 2.45) is 5.73 Å². The summed E-state index contributed by atoms with van der Waals surface area (Å²) in [6, 6.07) is 15.0. The lowest BCUT2D eigenvalue weighted by Gasteiger charge is -2.26. The van der Waals surface area contributed by atoms with Gasteiger partial charge in [0.15, 0.2) is 6.61 Å². The number of carbonyl (C=O) groups is 2. The van der Waals surface area contributed by atoms with E-state index >= 15 is 0 Å². The SMILES string of the molecule is NC(=O)COc1ccc(C(=O)N2CC=C(c3c[nH]c4ccccc34)CC2)cc1. The number of nitrogens with zero attached hydrogens (tertiary/aromatic N) is 1. The van der Waals surface area contributed by atoms with Gasteiger partial charge in [-0.25, -0.2) is 0 Å². The van der Waals surface area contributed by atoms with Crippen LogP contribution in [0, 0.1) is 0 Å². The Labute approximate surface area is 162 Å². The highest BCUT2D eigenvalue weighted by molar-refractivity contribution is 5.96. The number of ether oxygens (including phenoxy) is 1. The molecule has 3 N–H and O–H groups in total. The first kappa shape index (κ1) is 17.9. The van der Waals surface area contributed by atoms with Crippen LogP contribution in [-0.2, 0) is 4.79 Å². The second kappa shape index (κ2) is 7.60. The van der Waals surface area contributed by atoms with E-state index in [4.69, 9.17) is 10.5 Å². The summed E-state index contributed by atoms with van der Waals surface area (Å²) in [5.41, 5.74) is 9.24. The lowest BCUT2D eigenvalue weighted by molar-refractivity contribution is -0.119. The molecular formula is C22H21N3O3. The monoisotopic (exact) mass is 375 g/mol. The van der Waals surface area contributed by atoms with Crippen LogP contribution >= 0.6 is 0 Å². The standard InChI is InChI=1S/C22H21N3O3/c23-21(26)14-28-17-7-5-16(6-8-17)22(27)25-11-9-15(10-12-25)19-13-24-20-4-2-1-3-18(19)20/h1-9,13,24H,10-12,14H2,(H2,23,26). The van der Waals surface area contributed by atoms with Gasteiger partial charge >= 0.3 is 0 Å². The number of hydrogen-bond acceptors (Lipinski definition) is 3. The molecule has 0 saturated heterocycles. The highest BCUT2D eigenvalue weighted by atomic mass is 16.5. The van der Waals surface area contributed by atoms with Crippen molar-refractivity contribution in [3.05, 3.63) is 71.9 Å². The van der Waals surface area contributed by atoms with E-state index < -0.39 is 5.91 Å². The van der Waals surface area contributed by atoms with Crippen LogP contribution in [0.1, 0.15) is 22.3 Å². The maximum Gasteiger partial charge on any atom is 0.255 e. The van der Waals surface area contributed by atoms with Crippen LogP contribution in [0.5, 0.6) is 5.75 Å². The average molecular weight is 375 g/mol. The van der Waals surface area contributed by atoms with Gasteiger partial charge in [-0.05, 0) is 42.3 Å². The number of amides is 2. The van der Waals surface area contributed by atoms with Crippen molar-refractivity contribution >= 4 is 28.3 Å². The third-order valence-electron chi connectivity index (χ3n) is 4.91. The molecule has 1 aliphatic rings. The highest BCUT2D eigenvalue weighted by Crippen LogP contribution is 2.29. The number of carbonyl (C=O) groups excluding carboxylic acids is 2. The molecular weight excluding hydrogens is 354 g/mol. The molecule has 2 amide bonds. The summed E-state index contributed by atoms with van der Waals surface area (Å²) >= 11 is 0. The fourth-order valence-corrected chi connectivity index (χ4v) is 3.47. The largest absolute Gasteiger partial charge is 0.484 e. The van der Waals surface area contributed by atoms with Gasteiger partial charge in [0.2, 0.25) is 0 Å². The Hall–Kier alpha value is -3.54. The minimum absolute atomic E-state index is 0.0179. The summed E-state index contributed by atoms with van der Waals surface area (Å²) < 4.78 is 5.23. The number of fused-ring (bicyclic) bond motifs is 1. The topological polar surface area (TPSA) is 88.4 Å². The fourth-order valence-electron chi connectivity index (χ4n) is 3.47. The summed E-state index contributed by atoms with van der Waals surface area (Å²) in [5.74, 6) is -0.0440. The van der Waals surface area contributed by atoms with E-state index in [9.17, 15) is 9.59 Å². The van der Waals surface area contributed by atoms with Gasteiger partial charge in [0.1, 0.15) is 5.75 Å². The van der Waals surface area contributed by atoms with Crippen molar-refractivity contribution in [1.29, 1.82) is 0 Å². The molecule has 0 radical (unpaired) electrons. The lowest BCUT2D eigenvalue weighted by atomic mass is 9.98. The molecule has 0 bridgehead atoms. The van der Waals surface area contributed by atoms with Crippen LogP contribution in [0.3, 0.4) is 0 Å². The molecule has 3 aromatic rings. The van der Waals surface area contributed by atoms with Gasteiger partial charge in [0.05, 0.1) is 0 Å². The predicted octanol–water partition coefficient (Wildman–Crippen LogP) is 2.96. The molecule has 2 heterocycles. The van der Waals surface area contributed by atoms with Crippen molar-refractivity contribution in [1.82, 2.24) is 9.88 Å². The van der Waals surface area contributed by atoms with Gasteiger partial charge in [0, 0.05) is 41.3 Å². The van der Waals surface area contributed by atoms with E-state index in [1.807, 2.05) is 23.2 Å². The number of rotatable bonds is 5. The van der Waals surface area contributed by atoms with Crippen molar-refractivity contribution in [2.75, 3.05) is 19.7 Å². The Morgan fingerprint density at radius 3 is 2.61 bits per heavy atom. The first-order valence-corrected chi connectivity index (χ1v) is 9.18. The van der Waals surface area contributed by atoms with E-state index in [-0.39, 0.29) is 12.5 Å². The van der Waals surface area contributed by atoms with Gasteiger partial charge in [-0.3, -0.25) is 9.59 Å². The van der Waals surface area contributed by atoms with Crippen LogP contribution in [0.4, 0.5) is 0 Å². The van der Waals surface area contributed by atoms with E-state index in [1.165, 1.54) is 16.5 Å². The normalized spacial score (nSPS) is 14.0. The molecule has 1 aromatic heterocycles. The van der Waals surface area contributed by atoms with Gasteiger partial charge in [-0.2, -0.15) is 0 Å². The zero-order valence-electron chi connectivity index (χ0n) is 15.4. The second-order valence-corrected chi connectivity index (χ2v) is 6.76. The summed E-state index contributed by atoms with van der Waals surface area (Å²) in [6.45, 7) is 1.07. The Balaban J connectivity index is 1.44. The predicted molar refractivity (Wildman–Crippen MR) is 108 cm³/mol. The molecule has 2 aromatic carbocycles. The quantitative estimate of drug-likeness (QED) is 0.719. The Morgan fingerprint density at radius 2 is 1.89 bits per heavy atom. The summed E-state index contributed by atoms with van der Waals surface area (Å²) in [5, 5.41) is 1.21. The molecule has 0 atom stereocenters. The summed E-state index contributed by atoms with van der Waals surface area (Å²) in [4.78, 5) is 28.7. The summed E-state index contributed by atoms with van der Waals surface area (Å²) in [7, 11) is 0. The fraction of sp³-hybridized carbons (Fsp3) is 0.182. The number of hydrogen-bond donors (Lipinski definition) is 2. The first-order valence-electron chi connectivity index (χ1n) is 9.18. The Kier molecular flexibility index (Phi) is 4.85. The van der Waals surface area contributed by atoms with Crippen LogP contribution in [0.15, 0.2) is 60.8 Å². The number of benzene rings is 2. The smallest absolute Gasteiger partial charge is 0.255 e. The molecule has 1 aliphatic heterocycles. The maximum atomic E-state index is 12.8. The Morgan fingerprint density at radius 1 is 1.11 bits per heavy atom. The molecule has 4 rings (SSSR count). The molecule has 0 spiro atoms. The van der Waals surface area contributed by atoms with Gasteiger partial charge in [0.25, 0.3) is 11.8 Å². The van der Waals surface area contributed by atoms with Gasteiger partial charge in [-0.15, -0.1) is 0 Å². The second-order valence-electron chi connectivity index (χ2n) is 6.76. The molecule has 6 nitrogen and oxygen atoms in total. The number of primary amides is 1. The van der Waals surface area contributed by atoms with E-state index in [1.54, 1.807) is 24.3 Å². The number of nitrogens with two attached hydrogens (primary N) is 1. The third-order valence-corrected chi connectivity index (χ3v) is 4.91. The maximum absolute atomic E-state index is 12.8.